The first-order valence-electron chi connectivity index (χ1n) is 5.13. The van der Waals surface area contributed by atoms with E-state index in [9.17, 15) is 21.6 Å². The lowest BCUT2D eigenvalue weighted by molar-refractivity contribution is -0.135. The molecule has 0 radical (unpaired) electrons. The predicted octanol–water partition coefficient (Wildman–Crippen LogP) is 3.83. The van der Waals surface area contributed by atoms with Crippen LogP contribution in [0.1, 0.15) is 12.8 Å². The van der Waals surface area contributed by atoms with Crippen LogP contribution in [-0.2, 0) is 10.0 Å². The molecule has 9 heteroatoms. The van der Waals surface area contributed by atoms with E-state index >= 15 is 0 Å². The smallest absolute Gasteiger partial charge is 0.211 e. The monoisotopic (exact) mass is 423 g/mol. The second-order valence-electron chi connectivity index (χ2n) is 3.69. The van der Waals surface area contributed by atoms with Gasteiger partial charge in [-0.3, -0.25) is 0 Å². The van der Waals surface area contributed by atoms with E-state index in [4.69, 9.17) is 0 Å². The zero-order valence-electron chi connectivity index (χ0n) is 9.47. The Hall–Kier alpha value is -0.120. The molecule has 0 atom stereocenters. The maximum atomic E-state index is 11.9. The van der Waals surface area contributed by atoms with Crippen molar-refractivity contribution in [2.24, 2.45) is 0 Å². The molecule has 0 aromatic heterocycles. The normalized spacial score (nSPS) is 12.7. The first-order chi connectivity index (χ1) is 8.62. The minimum absolute atomic E-state index is 0.0114. The molecule has 0 saturated carbocycles. The van der Waals surface area contributed by atoms with Crippen molar-refractivity contribution in [3.8, 4) is 0 Å². The van der Waals surface area contributed by atoms with Crippen molar-refractivity contribution in [3.63, 3.8) is 0 Å². The molecule has 0 unspecified atom stereocenters. The second kappa shape index (κ2) is 6.55. The SMILES string of the molecule is O=S(=O)(NCCCC(F)(F)F)c1ccc(Br)cc1Br. The van der Waals surface area contributed by atoms with Gasteiger partial charge in [-0.25, -0.2) is 13.1 Å². The fourth-order valence-electron chi connectivity index (χ4n) is 1.27. The van der Waals surface area contributed by atoms with Crippen LogP contribution in [0.2, 0.25) is 0 Å². The summed E-state index contributed by atoms with van der Waals surface area (Å²) in [5.74, 6) is 0. The number of hydrogen-bond acceptors (Lipinski definition) is 2. The van der Waals surface area contributed by atoms with Crippen LogP contribution in [0, 0.1) is 0 Å². The van der Waals surface area contributed by atoms with Crippen LogP contribution in [0.25, 0.3) is 0 Å². The van der Waals surface area contributed by atoms with E-state index in [0.29, 0.717) is 8.95 Å². The summed E-state index contributed by atoms with van der Waals surface area (Å²) in [4.78, 5) is -0.0114. The third-order valence-electron chi connectivity index (χ3n) is 2.11. The molecule has 1 aromatic rings. The fraction of sp³-hybridized carbons (Fsp3) is 0.400. The minimum atomic E-state index is -4.27. The Morgan fingerprint density at radius 1 is 1.21 bits per heavy atom. The topological polar surface area (TPSA) is 46.2 Å². The summed E-state index contributed by atoms with van der Waals surface area (Å²) in [6.45, 7) is -0.260. The fourth-order valence-corrected chi connectivity index (χ4v) is 4.08. The maximum absolute atomic E-state index is 11.9. The van der Waals surface area contributed by atoms with Crippen LogP contribution in [0.4, 0.5) is 13.2 Å². The van der Waals surface area contributed by atoms with Gasteiger partial charge in [0.2, 0.25) is 10.0 Å². The van der Waals surface area contributed by atoms with Gasteiger partial charge in [0, 0.05) is 21.9 Å². The van der Waals surface area contributed by atoms with E-state index in [2.05, 4.69) is 36.6 Å². The molecule has 0 amide bonds. The summed E-state index contributed by atoms with van der Waals surface area (Å²) >= 11 is 6.27. The first kappa shape index (κ1) is 16.9. The number of hydrogen-bond donors (Lipinski definition) is 1. The summed E-state index contributed by atoms with van der Waals surface area (Å²) in [5, 5.41) is 0. The molecule has 0 aliphatic carbocycles. The van der Waals surface area contributed by atoms with Crippen LogP contribution >= 0.6 is 31.9 Å². The molecule has 1 N–H and O–H groups in total. The second-order valence-corrected chi connectivity index (χ2v) is 7.20. The number of nitrogens with one attached hydrogen (secondary N) is 1. The Balaban J connectivity index is 2.66. The van der Waals surface area contributed by atoms with Gasteiger partial charge in [-0.1, -0.05) is 15.9 Å². The summed E-state index contributed by atoms with van der Waals surface area (Å²) in [5.41, 5.74) is 0. The number of alkyl halides is 3. The van der Waals surface area contributed by atoms with Crippen molar-refractivity contribution in [2.75, 3.05) is 6.54 Å². The zero-order chi connectivity index (χ0) is 14.7. The van der Waals surface area contributed by atoms with E-state index in [-0.39, 0.29) is 17.9 Å². The Morgan fingerprint density at radius 2 is 1.84 bits per heavy atom. The number of rotatable bonds is 5. The molecule has 19 heavy (non-hydrogen) atoms. The van der Waals surface area contributed by atoms with Gasteiger partial charge >= 0.3 is 6.18 Å². The Labute approximate surface area is 125 Å². The molecule has 108 valence electrons. The number of sulfonamides is 1. The largest absolute Gasteiger partial charge is 0.389 e. The maximum Gasteiger partial charge on any atom is 0.389 e. The van der Waals surface area contributed by atoms with Crippen molar-refractivity contribution < 1.29 is 21.6 Å². The van der Waals surface area contributed by atoms with Crippen LogP contribution in [-0.4, -0.2) is 21.1 Å². The highest BCUT2D eigenvalue weighted by Gasteiger charge is 2.26. The minimum Gasteiger partial charge on any atom is -0.211 e. The average molecular weight is 425 g/mol. The van der Waals surface area contributed by atoms with Gasteiger partial charge in [-0.2, -0.15) is 13.2 Å². The molecule has 0 heterocycles. The highest BCUT2D eigenvalue weighted by molar-refractivity contribution is 9.11. The van der Waals surface area contributed by atoms with Gasteiger partial charge in [-0.15, -0.1) is 0 Å². The molecule has 0 spiro atoms. The average Bonchev–Trinajstić information content (AvgIpc) is 2.22. The lowest BCUT2D eigenvalue weighted by atomic mass is 10.3. The molecule has 0 aliphatic rings. The predicted molar refractivity (Wildman–Crippen MR) is 72.3 cm³/mol. The molecular formula is C10H10Br2F3NO2S. The quantitative estimate of drug-likeness (QED) is 0.730. The lowest BCUT2D eigenvalue weighted by Crippen LogP contribution is -2.26. The van der Waals surface area contributed by atoms with Gasteiger partial charge in [-0.05, 0) is 40.5 Å². The van der Waals surface area contributed by atoms with Gasteiger partial charge in [0.15, 0.2) is 0 Å². The van der Waals surface area contributed by atoms with Crippen LogP contribution in [0.3, 0.4) is 0 Å². The van der Waals surface area contributed by atoms with Gasteiger partial charge in [0.05, 0.1) is 4.90 Å². The van der Waals surface area contributed by atoms with Crippen LogP contribution < -0.4 is 4.72 Å². The summed E-state index contributed by atoms with van der Waals surface area (Å²) in [7, 11) is -3.81. The van der Waals surface area contributed by atoms with Crippen molar-refractivity contribution in [1.29, 1.82) is 0 Å². The third-order valence-corrected chi connectivity index (χ3v) is 5.04. The van der Waals surface area contributed by atoms with Gasteiger partial charge in [0.1, 0.15) is 0 Å². The highest BCUT2D eigenvalue weighted by atomic mass is 79.9. The molecule has 1 aromatic carbocycles. The van der Waals surface area contributed by atoms with Crippen molar-refractivity contribution >= 4 is 41.9 Å². The Bertz CT molecular complexity index is 546. The summed E-state index contributed by atoms with van der Waals surface area (Å²) in [6, 6.07) is 4.44. The van der Waals surface area contributed by atoms with E-state index < -0.39 is 22.6 Å². The van der Waals surface area contributed by atoms with Crippen molar-refractivity contribution in [2.45, 2.75) is 23.9 Å². The van der Waals surface area contributed by atoms with Crippen LogP contribution in [0.15, 0.2) is 32.0 Å². The van der Waals surface area contributed by atoms with E-state index in [0.717, 1.165) is 0 Å². The van der Waals surface area contributed by atoms with Gasteiger partial charge < -0.3 is 0 Å². The highest BCUT2D eigenvalue weighted by Crippen LogP contribution is 2.26. The van der Waals surface area contributed by atoms with Gasteiger partial charge in [0.25, 0.3) is 0 Å². The van der Waals surface area contributed by atoms with Crippen molar-refractivity contribution in [1.82, 2.24) is 4.72 Å². The number of benzene rings is 1. The Kier molecular flexibility index (Phi) is 5.84. The lowest BCUT2D eigenvalue weighted by Gasteiger charge is -2.09. The van der Waals surface area contributed by atoms with Crippen LogP contribution in [0.5, 0.6) is 0 Å². The standard InChI is InChI=1S/C10H10Br2F3NO2S/c11-7-2-3-9(8(12)6-7)19(17,18)16-5-1-4-10(13,14)15/h2-3,6,16H,1,4-5H2. The molecule has 0 saturated heterocycles. The van der Waals surface area contributed by atoms with E-state index in [1.165, 1.54) is 12.1 Å². The Morgan fingerprint density at radius 3 is 2.37 bits per heavy atom. The molecule has 0 bridgehead atoms. The zero-order valence-corrected chi connectivity index (χ0v) is 13.5. The summed E-state index contributed by atoms with van der Waals surface area (Å²) < 4.78 is 62.6. The first-order valence-corrected chi connectivity index (χ1v) is 8.20. The number of halogens is 5. The molecular weight excluding hydrogens is 415 g/mol. The molecule has 1 rings (SSSR count). The summed E-state index contributed by atoms with van der Waals surface area (Å²) in [6.07, 6.45) is -5.59. The van der Waals surface area contributed by atoms with E-state index in [1.54, 1.807) is 6.07 Å². The third kappa shape index (κ3) is 5.80. The van der Waals surface area contributed by atoms with Crippen molar-refractivity contribution in [3.05, 3.63) is 27.1 Å². The molecule has 3 nitrogen and oxygen atoms in total. The van der Waals surface area contributed by atoms with E-state index in [1.807, 2.05) is 0 Å². The molecule has 0 fully saturated rings. The molecule has 0 aliphatic heterocycles.